The fourth-order valence-electron chi connectivity index (χ4n) is 2.21. The molecule has 1 aliphatic heterocycles. The van der Waals surface area contributed by atoms with Crippen molar-refractivity contribution in [3.05, 3.63) is 68.0 Å². The van der Waals surface area contributed by atoms with Gasteiger partial charge >= 0.3 is 0 Å². The molecule has 2 aromatic carbocycles. The van der Waals surface area contributed by atoms with E-state index in [-0.39, 0.29) is 5.91 Å². The Morgan fingerprint density at radius 1 is 1.17 bits per heavy atom. The zero-order valence-corrected chi connectivity index (χ0v) is 15.4. The van der Waals surface area contributed by atoms with E-state index < -0.39 is 0 Å². The summed E-state index contributed by atoms with van der Waals surface area (Å²) < 4.78 is 0. The van der Waals surface area contributed by atoms with Crippen molar-refractivity contribution in [2.75, 3.05) is 0 Å². The van der Waals surface area contributed by atoms with Gasteiger partial charge in [-0.2, -0.15) is 0 Å². The van der Waals surface area contributed by atoms with Gasteiger partial charge in [0.2, 0.25) is 0 Å². The van der Waals surface area contributed by atoms with Crippen LogP contribution >= 0.6 is 35.0 Å². The smallest absolute Gasteiger partial charge is 0.264 e. The van der Waals surface area contributed by atoms with Gasteiger partial charge in [0.1, 0.15) is 0 Å². The number of aliphatic imine (C=N–C) groups is 1. The van der Waals surface area contributed by atoms with E-state index in [9.17, 15) is 4.79 Å². The molecule has 0 aliphatic carbocycles. The van der Waals surface area contributed by atoms with E-state index in [1.54, 1.807) is 24.3 Å². The standard InChI is InChI=1S/C18H14Cl2N2OS/c1-10-4-3-5-15(11(10)2)21-18-22-17(23)16(24-18)8-12-6-7-13(19)9-14(12)20/h3-9H,1-2H3,(H,21,22,23)/b16-8-. The van der Waals surface area contributed by atoms with Gasteiger partial charge in [-0.15, -0.1) is 0 Å². The zero-order valence-electron chi connectivity index (χ0n) is 13.1. The Hall–Kier alpha value is -1.75. The van der Waals surface area contributed by atoms with Crippen LogP contribution in [0.4, 0.5) is 5.69 Å². The normalized spacial score (nSPS) is 17.6. The van der Waals surface area contributed by atoms with E-state index in [4.69, 9.17) is 23.2 Å². The second-order valence-electron chi connectivity index (χ2n) is 5.37. The molecule has 0 radical (unpaired) electrons. The molecule has 0 atom stereocenters. The number of amidine groups is 1. The zero-order chi connectivity index (χ0) is 17.3. The summed E-state index contributed by atoms with van der Waals surface area (Å²) in [5.74, 6) is -0.185. The number of amides is 1. The third kappa shape index (κ3) is 3.66. The van der Waals surface area contributed by atoms with Crippen molar-refractivity contribution in [2.45, 2.75) is 13.8 Å². The molecule has 0 aromatic heterocycles. The Labute approximate surface area is 154 Å². The van der Waals surface area contributed by atoms with Crippen molar-refractivity contribution < 1.29 is 4.79 Å². The third-order valence-corrected chi connectivity index (χ3v) is 5.17. The molecule has 1 fully saturated rings. The van der Waals surface area contributed by atoms with Crippen LogP contribution in [0.2, 0.25) is 10.0 Å². The van der Waals surface area contributed by atoms with E-state index in [1.807, 2.05) is 32.0 Å². The summed E-state index contributed by atoms with van der Waals surface area (Å²) in [4.78, 5) is 17.3. The van der Waals surface area contributed by atoms with E-state index in [0.29, 0.717) is 20.1 Å². The minimum atomic E-state index is -0.185. The van der Waals surface area contributed by atoms with E-state index >= 15 is 0 Å². The lowest BCUT2D eigenvalue weighted by molar-refractivity contribution is -0.115. The predicted molar refractivity (Wildman–Crippen MR) is 103 cm³/mol. The lowest BCUT2D eigenvalue weighted by atomic mass is 10.1. The summed E-state index contributed by atoms with van der Waals surface area (Å²) in [7, 11) is 0. The highest BCUT2D eigenvalue weighted by molar-refractivity contribution is 8.18. The molecule has 3 nitrogen and oxygen atoms in total. The molecule has 1 saturated heterocycles. The van der Waals surface area contributed by atoms with Gasteiger partial charge in [0.05, 0.1) is 10.6 Å². The van der Waals surface area contributed by atoms with Crippen molar-refractivity contribution in [1.82, 2.24) is 5.32 Å². The highest BCUT2D eigenvalue weighted by atomic mass is 35.5. The number of benzene rings is 2. The molecule has 0 bridgehead atoms. The summed E-state index contributed by atoms with van der Waals surface area (Å²) in [5, 5.41) is 4.41. The first kappa shape index (κ1) is 17.1. The highest BCUT2D eigenvalue weighted by Crippen LogP contribution is 2.31. The predicted octanol–water partition coefficient (Wildman–Crippen LogP) is 5.50. The van der Waals surface area contributed by atoms with Gasteiger partial charge in [-0.25, -0.2) is 4.99 Å². The number of hydrogen-bond donors (Lipinski definition) is 1. The Morgan fingerprint density at radius 3 is 2.71 bits per heavy atom. The SMILES string of the molecule is Cc1cccc(N=C2NC(=O)/C(=C/c3ccc(Cl)cc3Cl)S2)c1C. The number of carbonyl (C=O) groups is 1. The Bertz CT molecular complexity index is 891. The van der Waals surface area contributed by atoms with E-state index in [2.05, 4.69) is 10.3 Å². The number of hydrogen-bond acceptors (Lipinski definition) is 3. The van der Waals surface area contributed by atoms with Crippen LogP contribution in [0.15, 0.2) is 46.3 Å². The molecule has 24 heavy (non-hydrogen) atoms. The van der Waals surface area contributed by atoms with Crippen molar-refractivity contribution in [3.8, 4) is 0 Å². The average molecular weight is 377 g/mol. The number of thioether (sulfide) groups is 1. The summed E-state index contributed by atoms with van der Waals surface area (Å²) in [6, 6.07) is 11.1. The Morgan fingerprint density at radius 2 is 1.96 bits per heavy atom. The van der Waals surface area contributed by atoms with Crippen LogP contribution in [0.1, 0.15) is 16.7 Å². The Kier molecular flexibility index (Phi) is 4.99. The van der Waals surface area contributed by atoms with Gasteiger partial charge in [0.15, 0.2) is 5.17 Å². The van der Waals surface area contributed by atoms with Gasteiger partial charge in [0, 0.05) is 10.0 Å². The first-order valence-electron chi connectivity index (χ1n) is 7.25. The Balaban J connectivity index is 1.89. The molecule has 1 N–H and O–H groups in total. The first-order valence-corrected chi connectivity index (χ1v) is 8.82. The van der Waals surface area contributed by atoms with Gasteiger partial charge in [-0.3, -0.25) is 4.79 Å². The molecule has 2 aromatic rings. The van der Waals surface area contributed by atoms with Crippen molar-refractivity contribution >= 4 is 57.8 Å². The number of halogens is 2. The van der Waals surface area contributed by atoms with Crippen LogP contribution in [0.3, 0.4) is 0 Å². The molecular formula is C18H14Cl2N2OS. The van der Waals surface area contributed by atoms with Crippen LogP contribution in [-0.4, -0.2) is 11.1 Å². The van der Waals surface area contributed by atoms with E-state index in [0.717, 1.165) is 22.4 Å². The first-order chi connectivity index (χ1) is 11.4. The van der Waals surface area contributed by atoms with Crippen LogP contribution in [0.5, 0.6) is 0 Å². The van der Waals surface area contributed by atoms with Gasteiger partial charge in [0.25, 0.3) is 5.91 Å². The van der Waals surface area contributed by atoms with Crippen LogP contribution in [-0.2, 0) is 4.79 Å². The quantitative estimate of drug-likeness (QED) is 0.702. The molecule has 1 aliphatic rings. The fraction of sp³-hybridized carbons (Fsp3) is 0.111. The largest absolute Gasteiger partial charge is 0.300 e. The lowest BCUT2D eigenvalue weighted by Gasteiger charge is -2.04. The lowest BCUT2D eigenvalue weighted by Crippen LogP contribution is -2.19. The number of nitrogens with one attached hydrogen (secondary N) is 1. The number of carbonyl (C=O) groups excluding carboxylic acids is 1. The van der Waals surface area contributed by atoms with Gasteiger partial charge < -0.3 is 5.32 Å². The molecule has 3 rings (SSSR count). The molecule has 0 unspecified atom stereocenters. The van der Waals surface area contributed by atoms with Gasteiger partial charge in [-0.05, 0) is 66.6 Å². The molecule has 0 spiro atoms. The monoisotopic (exact) mass is 376 g/mol. The molecule has 1 amide bonds. The summed E-state index contributed by atoms with van der Waals surface area (Å²) >= 11 is 13.3. The maximum Gasteiger partial charge on any atom is 0.264 e. The van der Waals surface area contributed by atoms with Crippen molar-refractivity contribution in [2.24, 2.45) is 4.99 Å². The number of aryl methyl sites for hydroxylation is 1. The number of nitrogens with zero attached hydrogens (tertiary/aromatic N) is 1. The maximum absolute atomic E-state index is 12.2. The van der Waals surface area contributed by atoms with Crippen LogP contribution in [0, 0.1) is 13.8 Å². The summed E-state index contributed by atoms with van der Waals surface area (Å²) in [5.41, 5.74) is 3.85. The number of rotatable bonds is 2. The molecule has 6 heteroatoms. The second kappa shape index (κ2) is 7.01. The van der Waals surface area contributed by atoms with Crippen LogP contribution in [0.25, 0.3) is 6.08 Å². The summed E-state index contributed by atoms with van der Waals surface area (Å²) in [6.45, 7) is 4.05. The molecule has 0 saturated carbocycles. The highest BCUT2D eigenvalue weighted by Gasteiger charge is 2.24. The van der Waals surface area contributed by atoms with Gasteiger partial charge in [-0.1, -0.05) is 41.4 Å². The molecular weight excluding hydrogens is 363 g/mol. The third-order valence-electron chi connectivity index (χ3n) is 3.70. The second-order valence-corrected chi connectivity index (χ2v) is 7.24. The molecule has 1 heterocycles. The molecule has 122 valence electrons. The minimum absolute atomic E-state index is 0.185. The average Bonchev–Trinajstić information content (AvgIpc) is 2.86. The topological polar surface area (TPSA) is 41.5 Å². The summed E-state index contributed by atoms with van der Waals surface area (Å²) in [6.07, 6.45) is 1.74. The maximum atomic E-state index is 12.2. The van der Waals surface area contributed by atoms with Crippen molar-refractivity contribution in [1.29, 1.82) is 0 Å². The minimum Gasteiger partial charge on any atom is -0.300 e. The van der Waals surface area contributed by atoms with Crippen molar-refractivity contribution in [3.63, 3.8) is 0 Å². The van der Waals surface area contributed by atoms with Crippen LogP contribution < -0.4 is 5.32 Å². The fourth-order valence-corrected chi connectivity index (χ4v) is 3.50. The van der Waals surface area contributed by atoms with E-state index in [1.165, 1.54) is 11.8 Å².